The molecule has 0 aromatic rings. The lowest BCUT2D eigenvalue weighted by Crippen LogP contribution is -2.30. The Balaban J connectivity index is 3.66. The van der Waals surface area contributed by atoms with Crippen molar-refractivity contribution >= 4 is 9.84 Å². The number of rotatable bonds is 6. The summed E-state index contributed by atoms with van der Waals surface area (Å²) >= 11 is 0. The third-order valence-corrected chi connectivity index (χ3v) is 3.79. The molecular formula is C7H15F2NO2S. The molecule has 0 radical (unpaired) electrons. The van der Waals surface area contributed by atoms with Crippen molar-refractivity contribution in [2.45, 2.75) is 25.5 Å². The Labute approximate surface area is 77.4 Å². The van der Waals surface area contributed by atoms with Crippen LogP contribution in [0.5, 0.6) is 0 Å². The van der Waals surface area contributed by atoms with Gasteiger partial charge in [-0.05, 0) is 13.8 Å². The van der Waals surface area contributed by atoms with Gasteiger partial charge in [-0.25, -0.2) is 17.2 Å². The number of hydrogen-bond acceptors (Lipinski definition) is 3. The summed E-state index contributed by atoms with van der Waals surface area (Å²) in [6.45, 7) is 2.78. The number of alkyl halides is 2. The second kappa shape index (κ2) is 5.49. The van der Waals surface area contributed by atoms with Crippen molar-refractivity contribution in [3.8, 4) is 0 Å². The zero-order chi connectivity index (χ0) is 10.5. The predicted octanol–water partition coefficient (Wildman–Crippen LogP) is 0.664. The molecule has 0 saturated heterocycles. The maximum atomic E-state index is 11.6. The average Bonchev–Trinajstić information content (AvgIpc) is 1.97. The fraction of sp³-hybridized carbons (Fsp3) is 1.00. The quantitative estimate of drug-likeness (QED) is 0.662. The Morgan fingerprint density at radius 3 is 2.23 bits per heavy atom. The van der Waals surface area contributed by atoms with Crippen LogP contribution in [-0.4, -0.2) is 38.9 Å². The lowest BCUT2D eigenvalue weighted by molar-refractivity contribution is 0.147. The minimum Gasteiger partial charge on any atom is -0.310 e. The molecule has 0 rings (SSSR count). The van der Waals surface area contributed by atoms with Crippen LogP contribution in [0.25, 0.3) is 0 Å². The van der Waals surface area contributed by atoms with E-state index >= 15 is 0 Å². The molecule has 0 aromatic carbocycles. The molecular weight excluding hydrogens is 200 g/mol. The van der Waals surface area contributed by atoms with E-state index in [-0.39, 0.29) is 12.3 Å². The van der Waals surface area contributed by atoms with Gasteiger partial charge in [-0.15, -0.1) is 0 Å². The summed E-state index contributed by atoms with van der Waals surface area (Å²) in [6, 6.07) is 0. The number of nitrogens with one attached hydrogen (secondary N) is 1. The molecule has 0 aliphatic heterocycles. The fourth-order valence-electron chi connectivity index (χ4n) is 0.661. The van der Waals surface area contributed by atoms with E-state index in [1.165, 1.54) is 0 Å². The van der Waals surface area contributed by atoms with Crippen LogP contribution < -0.4 is 5.32 Å². The summed E-state index contributed by atoms with van der Waals surface area (Å²) in [6.07, 6.45) is -2.43. The van der Waals surface area contributed by atoms with Crippen LogP contribution in [0.1, 0.15) is 13.8 Å². The van der Waals surface area contributed by atoms with Crippen molar-refractivity contribution in [1.82, 2.24) is 5.32 Å². The lowest BCUT2D eigenvalue weighted by Gasteiger charge is -2.07. The van der Waals surface area contributed by atoms with Gasteiger partial charge < -0.3 is 5.32 Å². The van der Waals surface area contributed by atoms with E-state index in [2.05, 4.69) is 5.32 Å². The highest BCUT2D eigenvalue weighted by Gasteiger charge is 2.15. The van der Waals surface area contributed by atoms with Gasteiger partial charge >= 0.3 is 0 Å². The predicted molar refractivity (Wildman–Crippen MR) is 47.8 cm³/mol. The van der Waals surface area contributed by atoms with Gasteiger partial charge in [0.2, 0.25) is 0 Å². The normalized spacial score (nSPS) is 12.8. The summed E-state index contributed by atoms with van der Waals surface area (Å²) in [4.78, 5) is 0. The van der Waals surface area contributed by atoms with Gasteiger partial charge in [0, 0.05) is 6.54 Å². The Morgan fingerprint density at radius 2 is 1.85 bits per heavy atom. The van der Waals surface area contributed by atoms with Crippen LogP contribution in [0.4, 0.5) is 8.78 Å². The lowest BCUT2D eigenvalue weighted by atomic mass is 10.6. The van der Waals surface area contributed by atoms with Gasteiger partial charge in [0.05, 0.1) is 17.5 Å². The third kappa shape index (κ3) is 5.93. The maximum absolute atomic E-state index is 11.6. The molecule has 0 amide bonds. The Bertz CT molecular complexity index is 227. The first-order valence-corrected chi connectivity index (χ1v) is 5.78. The van der Waals surface area contributed by atoms with Gasteiger partial charge in [-0.1, -0.05) is 0 Å². The second-order valence-electron chi connectivity index (χ2n) is 3.01. The van der Waals surface area contributed by atoms with Crippen LogP contribution in [0.15, 0.2) is 0 Å². The van der Waals surface area contributed by atoms with Crippen LogP contribution in [0.3, 0.4) is 0 Å². The molecule has 1 N–H and O–H groups in total. The van der Waals surface area contributed by atoms with E-state index in [1.54, 1.807) is 13.8 Å². The standard InChI is InChI=1S/C7H15F2NO2S/c1-6(2)13(11,12)4-3-10-5-7(8)9/h6-7,10H,3-5H2,1-2H3. The van der Waals surface area contributed by atoms with E-state index < -0.39 is 28.1 Å². The van der Waals surface area contributed by atoms with E-state index in [9.17, 15) is 17.2 Å². The van der Waals surface area contributed by atoms with Crippen molar-refractivity contribution < 1.29 is 17.2 Å². The molecule has 0 aliphatic carbocycles. The van der Waals surface area contributed by atoms with Gasteiger partial charge in [0.1, 0.15) is 0 Å². The molecule has 0 aromatic heterocycles. The largest absolute Gasteiger partial charge is 0.310 e. The highest BCUT2D eigenvalue weighted by molar-refractivity contribution is 7.92. The van der Waals surface area contributed by atoms with E-state index in [0.29, 0.717) is 0 Å². The summed E-state index contributed by atoms with van der Waals surface area (Å²) in [5, 5.41) is 1.92. The molecule has 0 saturated carbocycles. The first kappa shape index (κ1) is 12.8. The van der Waals surface area contributed by atoms with Gasteiger partial charge in [-0.2, -0.15) is 0 Å². The molecule has 0 spiro atoms. The Hall–Kier alpha value is -0.230. The van der Waals surface area contributed by atoms with Crippen LogP contribution >= 0.6 is 0 Å². The number of hydrogen-bond donors (Lipinski definition) is 1. The first-order valence-electron chi connectivity index (χ1n) is 4.06. The summed E-state index contributed by atoms with van der Waals surface area (Å²) in [5.74, 6) is -0.0859. The zero-order valence-corrected chi connectivity index (χ0v) is 8.57. The molecule has 3 nitrogen and oxygen atoms in total. The van der Waals surface area contributed by atoms with Gasteiger partial charge in [-0.3, -0.25) is 0 Å². The van der Waals surface area contributed by atoms with Crippen LogP contribution in [0, 0.1) is 0 Å². The minimum absolute atomic E-state index is 0.0859. The topological polar surface area (TPSA) is 46.2 Å². The Morgan fingerprint density at radius 1 is 1.31 bits per heavy atom. The molecule has 0 aliphatic rings. The molecule has 6 heteroatoms. The summed E-state index contributed by atoms with van der Waals surface area (Å²) in [5.41, 5.74) is 0. The van der Waals surface area contributed by atoms with Crippen molar-refractivity contribution in [1.29, 1.82) is 0 Å². The molecule has 80 valence electrons. The SMILES string of the molecule is CC(C)S(=O)(=O)CCNCC(F)F. The monoisotopic (exact) mass is 215 g/mol. The molecule has 0 atom stereocenters. The van der Waals surface area contributed by atoms with E-state index in [0.717, 1.165) is 0 Å². The van der Waals surface area contributed by atoms with Gasteiger partial charge in [0.25, 0.3) is 6.43 Å². The summed E-state index contributed by atoms with van der Waals surface area (Å²) in [7, 11) is -3.10. The second-order valence-corrected chi connectivity index (χ2v) is 5.69. The molecule has 0 bridgehead atoms. The zero-order valence-electron chi connectivity index (χ0n) is 7.76. The van der Waals surface area contributed by atoms with E-state index in [1.807, 2.05) is 0 Å². The fourth-order valence-corrected chi connectivity index (χ4v) is 1.56. The minimum atomic E-state index is -3.10. The third-order valence-electron chi connectivity index (χ3n) is 1.58. The molecule has 13 heavy (non-hydrogen) atoms. The highest BCUT2D eigenvalue weighted by atomic mass is 32.2. The highest BCUT2D eigenvalue weighted by Crippen LogP contribution is 1.99. The van der Waals surface area contributed by atoms with Crippen molar-refractivity contribution in [2.75, 3.05) is 18.8 Å². The summed E-state index contributed by atoms with van der Waals surface area (Å²) < 4.78 is 45.5. The molecule has 0 unspecified atom stereocenters. The maximum Gasteiger partial charge on any atom is 0.250 e. The van der Waals surface area contributed by atoms with Crippen LogP contribution in [-0.2, 0) is 9.84 Å². The van der Waals surface area contributed by atoms with Crippen LogP contribution in [0.2, 0.25) is 0 Å². The smallest absolute Gasteiger partial charge is 0.250 e. The van der Waals surface area contributed by atoms with Crippen molar-refractivity contribution in [3.05, 3.63) is 0 Å². The number of halogens is 2. The van der Waals surface area contributed by atoms with Gasteiger partial charge in [0.15, 0.2) is 9.84 Å². The average molecular weight is 215 g/mol. The van der Waals surface area contributed by atoms with Crippen molar-refractivity contribution in [3.63, 3.8) is 0 Å². The van der Waals surface area contributed by atoms with E-state index in [4.69, 9.17) is 0 Å². The molecule has 0 heterocycles. The molecule has 0 fully saturated rings. The Kier molecular flexibility index (Phi) is 5.39. The van der Waals surface area contributed by atoms with Crippen molar-refractivity contribution in [2.24, 2.45) is 0 Å². The number of sulfone groups is 1. The first-order chi connectivity index (χ1) is 5.86.